The highest BCUT2D eigenvalue weighted by atomic mass is 79.9. The van der Waals surface area contributed by atoms with Crippen LogP contribution in [-0.2, 0) is 0 Å². The van der Waals surface area contributed by atoms with Gasteiger partial charge in [0, 0.05) is 16.2 Å². The van der Waals surface area contributed by atoms with Gasteiger partial charge in [0.1, 0.15) is 0 Å². The van der Waals surface area contributed by atoms with Gasteiger partial charge in [-0.05, 0) is 57.5 Å². The Morgan fingerprint density at radius 1 is 1.30 bits per heavy atom. The van der Waals surface area contributed by atoms with E-state index < -0.39 is 0 Å². The van der Waals surface area contributed by atoms with Crippen LogP contribution in [-0.4, -0.2) is 16.3 Å². The maximum Gasteiger partial charge on any atom is 0.0707 e. The summed E-state index contributed by atoms with van der Waals surface area (Å²) in [7, 11) is 0. The summed E-state index contributed by atoms with van der Waals surface area (Å²) >= 11 is 3.57. The molecule has 0 bridgehead atoms. The van der Waals surface area contributed by atoms with Crippen molar-refractivity contribution in [1.29, 1.82) is 0 Å². The van der Waals surface area contributed by atoms with Gasteiger partial charge >= 0.3 is 0 Å². The van der Waals surface area contributed by atoms with Crippen molar-refractivity contribution in [1.82, 2.24) is 15.1 Å². The van der Waals surface area contributed by atoms with Gasteiger partial charge < -0.3 is 5.32 Å². The summed E-state index contributed by atoms with van der Waals surface area (Å²) in [6.07, 6.45) is 0. The van der Waals surface area contributed by atoms with E-state index in [-0.39, 0.29) is 0 Å². The number of rotatable bonds is 4. The fourth-order valence-electron chi connectivity index (χ4n) is 2.44. The zero-order chi connectivity index (χ0) is 14.9. The van der Waals surface area contributed by atoms with Crippen LogP contribution in [0, 0.1) is 20.8 Å². The van der Waals surface area contributed by atoms with E-state index in [1.165, 1.54) is 16.8 Å². The van der Waals surface area contributed by atoms with Gasteiger partial charge in [0.15, 0.2) is 0 Å². The fourth-order valence-corrected chi connectivity index (χ4v) is 2.79. The molecule has 0 aliphatic carbocycles. The maximum absolute atomic E-state index is 4.69. The molecule has 0 spiro atoms. The highest BCUT2D eigenvalue weighted by Crippen LogP contribution is 2.27. The van der Waals surface area contributed by atoms with E-state index in [1.807, 2.05) is 0 Å². The fraction of sp³-hybridized carbons (Fsp3) is 0.438. The van der Waals surface area contributed by atoms with Crippen molar-refractivity contribution >= 4 is 15.9 Å². The van der Waals surface area contributed by atoms with E-state index in [0.29, 0.717) is 6.04 Å². The van der Waals surface area contributed by atoms with Gasteiger partial charge in [-0.1, -0.05) is 28.9 Å². The third-order valence-corrected chi connectivity index (χ3v) is 4.34. The number of hydrogen-bond acceptors (Lipinski definition) is 2. The standard InChI is InChI=1S/C16H22BrN3/c1-6-18-12(4)15-8-7-14(17)9-16(15)20-13(5)10(2)11(3)19-20/h7-9,12,18H,6H2,1-5H3. The molecule has 1 N–H and O–H groups in total. The molecule has 108 valence electrons. The number of benzene rings is 1. The molecule has 0 saturated carbocycles. The second kappa shape index (κ2) is 6.10. The normalized spacial score (nSPS) is 12.7. The van der Waals surface area contributed by atoms with Crippen LogP contribution in [0.2, 0.25) is 0 Å². The van der Waals surface area contributed by atoms with Crippen molar-refractivity contribution in [2.75, 3.05) is 6.54 Å². The molecule has 0 saturated heterocycles. The van der Waals surface area contributed by atoms with E-state index in [0.717, 1.165) is 22.4 Å². The van der Waals surface area contributed by atoms with E-state index in [9.17, 15) is 0 Å². The number of aryl methyl sites for hydroxylation is 1. The lowest BCUT2D eigenvalue weighted by Gasteiger charge is -2.18. The van der Waals surface area contributed by atoms with Crippen LogP contribution in [0.5, 0.6) is 0 Å². The van der Waals surface area contributed by atoms with Crippen molar-refractivity contribution in [3.05, 3.63) is 45.2 Å². The number of nitrogens with one attached hydrogen (secondary N) is 1. The van der Waals surface area contributed by atoms with Gasteiger partial charge in [0.25, 0.3) is 0 Å². The second-order valence-electron chi connectivity index (χ2n) is 5.19. The average molecular weight is 336 g/mol. The Labute approximate surface area is 129 Å². The van der Waals surface area contributed by atoms with Gasteiger partial charge in [-0.15, -0.1) is 0 Å². The summed E-state index contributed by atoms with van der Waals surface area (Å²) < 4.78 is 3.13. The van der Waals surface area contributed by atoms with Crippen LogP contribution in [0.3, 0.4) is 0 Å². The number of halogens is 1. The second-order valence-corrected chi connectivity index (χ2v) is 6.11. The molecule has 3 nitrogen and oxygen atoms in total. The Morgan fingerprint density at radius 3 is 2.55 bits per heavy atom. The van der Waals surface area contributed by atoms with E-state index >= 15 is 0 Å². The van der Waals surface area contributed by atoms with Crippen molar-refractivity contribution in [2.24, 2.45) is 0 Å². The van der Waals surface area contributed by atoms with Gasteiger partial charge in [0.2, 0.25) is 0 Å². The Bertz CT molecular complexity index is 616. The largest absolute Gasteiger partial charge is 0.310 e. The molecule has 1 atom stereocenters. The smallest absolute Gasteiger partial charge is 0.0707 e. The zero-order valence-corrected chi connectivity index (χ0v) is 14.4. The highest BCUT2D eigenvalue weighted by Gasteiger charge is 2.16. The number of aromatic nitrogens is 2. The Balaban J connectivity index is 2.59. The molecule has 0 aliphatic rings. The molecule has 0 amide bonds. The van der Waals surface area contributed by atoms with Crippen LogP contribution in [0.1, 0.15) is 42.4 Å². The Morgan fingerprint density at radius 2 is 2.00 bits per heavy atom. The maximum atomic E-state index is 4.69. The Kier molecular flexibility index (Phi) is 4.66. The lowest BCUT2D eigenvalue weighted by atomic mass is 10.1. The molecular weight excluding hydrogens is 314 g/mol. The van der Waals surface area contributed by atoms with E-state index in [4.69, 9.17) is 5.10 Å². The van der Waals surface area contributed by atoms with Gasteiger partial charge in [-0.25, -0.2) is 4.68 Å². The molecule has 1 heterocycles. The molecule has 0 aliphatic heterocycles. The van der Waals surface area contributed by atoms with E-state index in [1.54, 1.807) is 0 Å². The average Bonchev–Trinajstić information content (AvgIpc) is 2.66. The predicted molar refractivity (Wildman–Crippen MR) is 87.6 cm³/mol. The topological polar surface area (TPSA) is 29.9 Å². The minimum Gasteiger partial charge on any atom is -0.310 e. The quantitative estimate of drug-likeness (QED) is 0.905. The molecule has 0 radical (unpaired) electrons. The first kappa shape index (κ1) is 15.3. The van der Waals surface area contributed by atoms with E-state index in [2.05, 4.69) is 78.7 Å². The van der Waals surface area contributed by atoms with Crippen LogP contribution >= 0.6 is 15.9 Å². The predicted octanol–water partition coefficient (Wildman–Crippen LogP) is 4.23. The monoisotopic (exact) mass is 335 g/mol. The van der Waals surface area contributed by atoms with Gasteiger partial charge in [-0.2, -0.15) is 5.10 Å². The minimum atomic E-state index is 0.298. The van der Waals surface area contributed by atoms with Crippen LogP contribution in [0.25, 0.3) is 5.69 Å². The molecule has 1 aromatic carbocycles. The first-order chi connectivity index (χ1) is 9.45. The van der Waals surface area contributed by atoms with Crippen molar-refractivity contribution in [2.45, 2.75) is 40.7 Å². The third kappa shape index (κ3) is 2.81. The number of nitrogens with zero attached hydrogens (tertiary/aromatic N) is 2. The molecule has 2 aromatic rings. The van der Waals surface area contributed by atoms with Gasteiger partial charge in [0.05, 0.1) is 11.4 Å². The summed E-state index contributed by atoms with van der Waals surface area (Å²) in [5.41, 5.74) is 5.95. The van der Waals surface area contributed by atoms with Crippen LogP contribution < -0.4 is 5.32 Å². The van der Waals surface area contributed by atoms with Crippen molar-refractivity contribution < 1.29 is 0 Å². The SMILES string of the molecule is CCNC(C)c1ccc(Br)cc1-n1nc(C)c(C)c1C. The lowest BCUT2D eigenvalue weighted by Crippen LogP contribution is -2.20. The van der Waals surface area contributed by atoms with Crippen LogP contribution in [0.15, 0.2) is 22.7 Å². The Hall–Kier alpha value is -1.13. The lowest BCUT2D eigenvalue weighted by molar-refractivity contribution is 0.592. The summed E-state index contributed by atoms with van der Waals surface area (Å²) in [5.74, 6) is 0. The third-order valence-electron chi connectivity index (χ3n) is 3.85. The summed E-state index contributed by atoms with van der Waals surface area (Å²) in [6.45, 7) is 11.6. The molecule has 0 fully saturated rings. The molecule has 2 rings (SSSR count). The van der Waals surface area contributed by atoms with Crippen molar-refractivity contribution in [3.63, 3.8) is 0 Å². The molecule has 1 unspecified atom stereocenters. The first-order valence-electron chi connectivity index (χ1n) is 7.01. The summed E-state index contributed by atoms with van der Waals surface area (Å²) in [5, 5.41) is 8.17. The highest BCUT2D eigenvalue weighted by molar-refractivity contribution is 9.10. The molecule has 1 aromatic heterocycles. The van der Waals surface area contributed by atoms with Crippen LogP contribution in [0.4, 0.5) is 0 Å². The van der Waals surface area contributed by atoms with Crippen molar-refractivity contribution in [3.8, 4) is 5.69 Å². The summed E-state index contributed by atoms with van der Waals surface area (Å²) in [4.78, 5) is 0. The zero-order valence-electron chi connectivity index (χ0n) is 12.8. The molecule has 20 heavy (non-hydrogen) atoms. The van der Waals surface area contributed by atoms with Gasteiger partial charge in [-0.3, -0.25) is 0 Å². The molecular formula is C16H22BrN3. The number of hydrogen-bond donors (Lipinski definition) is 1. The molecule has 4 heteroatoms. The minimum absolute atomic E-state index is 0.298. The summed E-state index contributed by atoms with van der Waals surface area (Å²) in [6, 6.07) is 6.69. The first-order valence-corrected chi connectivity index (χ1v) is 7.81.